The summed E-state index contributed by atoms with van der Waals surface area (Å²) in [5.74, 6) is -8.86. The molecule has 1 unspecified atom stereocenters. The average molecular weight is 1880 g/mol. The molecular weight excluding hydrogens is 1760 g/mol. The van der Waals surface area contributed by atoms with Gasteiger partial charge < -0.3 is 259 Å². The molecule has 0 aromatic heterocycles. The fourth-order valence-corrected chi connectivity index (χ4v) is 16.5. The smallest absolute Gasteiger partial charge is 0.364 e. The van der Waals surface area contributed by atoms with Crippen molar-refractivity contribution in [2.75, 3.05) is 59.5 Å². The number of ether oxygens (including phenoxy) is 19. The van der Waals surface area contributed by atoms with Gasteiger partial charge in [0.2, 0.25) is 23.6 Å². The molecule has 740 valence electrons. The number of aliphatic hydroxyl groups is 28. The van der Waals surface area contributed by atoms with Crippen molar-refractivity contribution in [3.63, 3.8) is 0 Å². The minimum Gasteiger partial charge on any atom is -0.477 e. The molecule has 0 aromatic carbocycles. The number of rotatable bonds is 34. The highest BCUT2D eigenvalue weighted by Gasteiger charge is 2.63. The molecule has 4 amide bonds. The van der Waals surface area contributed by atoms with Gasteiger partial charge in [0.05, 0.1) is 77.7 Å². The van der Waals surface area contributed by atoms with Crippen LogP contribution >= 0.6 is 0 Å². The Morgan fingerprint density at radius 2 is 0.672 bits per heavy atom. The maximum absolute atomic E-state index is 13.1. The first-order valence-corrected chi connectivity index (χ1v) is 40.6. The molecule has 10 aliphatic rings. The van der Waals surface area contributed by atoms with Crippen molar-refractivity contribution in [1.29, 1.82) is 0 Å². The van der Waals surface area contributed by atoms with E-state index in [4.69, 9.17) is 90.0 Å². The van der Waals surface area contributed by atoms with Crippen LogP contribution in [0.25, 0.3) is 0 Å². The first-order chi connectivity index (χ1) is 60.3. The van der Waals surface area contributed by atoms with Crippen LogP contribution in [0.4, 0.5) is 0 Å². The molecule has 51 atom stereocenters. The zero-order valence-corrected chi connectivity index (χ0v) is 68.7. The van der Waals surface area contributed by atoms with Crippen molar-refractivity contribution >= 4 is 29.6 Å². The van der Waals surface area contributed by atoms with Gasteiger partial charge >= 0.3 is 5.97 Å². The molecule has 33 N–H and O–H groups in total. The summed E-state index contributed by atoms with van der Waals surface area (Å²) in [6.07, 6.45) is -97.4. The molecule has 128 heavy (non-hydrogen) atoms. The highest BCUT2D eigenvalue weighted by molar-refractivity contribution is 5.77. The van der Waals surface area contributed by atoms with Crippen LogP contribution in [0.3, 0.4) is 0 Å². The van der Waals surface area contributed by atoms with E-state index in [2.05, 4.69) is 21.3 Å². The van der Waals surface area contributed by atoms with Crippen LogP contribution in [0.1, 0.15) is 41.0 Å². The van der Waals surface area contributed by atoms with E-state index in [0.717, 1.165) is 27.7 Å². The molecule has 10 fully saturated rings. The summed E-state index contributed by atoms with van der Waals surface area (Å²) in [5, 5.41) is 331. The van der Waals surface area contributed by atoms with E-state index in [1.54, 1.807) is 0 Å². The van der Waals surface area contributed by atoms with Crippen molar-refractivity contribution in [1.82, 2.24) is 21.3 Å². The molecule has 0 bridgehead atoms. The summed E-state index contributed by atoms with van der Waals surface area (Å²) in [6, 6.07) is -7.59. The second-order valence-electron chi connectivity index (χ2n) is 32.4. The molecule has 57 heteroatoms. The second-order valence-corrected chi connectivity index (χ2v) is 32.4. The number of carboxylic acids is 1. The summed E-state index contributed by atoms with van der Waals surface area (Å²) in [4.78, 5) is 64.2. The standard InChI is InChI=1S/C71H118N4O53/c1-16-35(89)44(98)49(103)65(112-16)127-60-46(100)37(91)23(8-77)115-69(60)124-55-28(13-82)118-64(34(43(55)97)75-20(5)86)126-59-40(94)29(119-68(52(59)106)123-56-25(10-79)113-61(107)48(102)47(56)101)14-110-62-32(73-18(3)84)41(95)53(26(11-80)116-62)122-67-51(105)58(39(93)24(9-78)114-67)125-63-33(74-19(4)85)42(96)54(27(12-81)117-63)121-66-50(104)45(99)38(92)30(120-66)15-111-71(70(108)109)6-21(87)31(72-17(2)83)57(128-71)36(90)22(88)7-76/h16,21-69,76-82,87-107H,6-15H2,1-5H3,(H,72,83)(H,73,84)(H,74,85)(H,75,86)(H,108,109)/t16-,21-,22+,23+,24+,25+,26+,27+,28+,29+,30+,31+,32+,33+,34+,35+,36+,37-,38-,39-,40-,41+,42+,43+,44+,45-,46-,47+,48+,49-,50+,51+,52+,53+,54+,55+,56+,57+,58-,59-,60+,61?,62+,63-,64-,65-,66-,67-,68-,69-,71+/m0/s1. The molecule has 10 rings (SSSR count). The maximum Gasteiger partial charge on any atom is 0.364 e. The molecule has 0 aliphatic carbocycles. The van der Waals surface area contributed by atoms with Crippen molar-refractivity contribution in [3.8, 4) is 0 Å². The Kier molecular flexibility index (Phi) is 37.4. The molecule has 0 saturated carbocycles. The number of aliphatic carboxylic acids is 1. The predicted molar refractivity (Wildman–Crippen MR) is 392 cm³/mol. The van der Waals surface area contributed by atoms with Crippen LogP contribution < -0.4 is 21.3 Å². The van der Waals surface area contributed by atoms with Crippen molar-refractivity contribution < 1.29 is 262 Å². The Labute approximate surface area is 723 Å². The van der Waals surface area contributed by atoms with Gasteiger partial charge in [0.15, 0.2) is 56.6 Å². The van der Waals surface area contributed by atoms with E-state index in [9.17, 15) is 172 Å². The lowest BCUT2D eigenvalue weighted by atomic mass is 9.88. The van der Waals surface area contributed by atoms with Crippen LogP contribution in [0.5, 0.6) is 0 Å². The molecule has 0 spiro atoms. The minimum absolute atomic E-state index is 0.831. The van der Waals surface area contributed by atoms with E-state index in [1.807, 2.05) is 0 Å². The third kappa shape index (κ3) is 23.1. The van der Waals surface area contributed by atoms with E-state index in [1.165, 1.54) is 6.92 Å². The van der Waals surface area contributed by atoms with Crippen LogP contribution in [0.2, 0.25) is 0 Å². The number of nitrogens with one attached hydrogen (secondary N) is 4. The number of hydrogen-bond donors (Lipinski definition) is 33. The monoisotopic (exact) mass is 1870 g/mol. The fraction of sp³-hybridized carbons (Fsp3) is 0.930. The van der Waals surface area contributed by atoms with Gasteiger partial charge in [-0.2, -0.15) is 0 Å². The van der Waals surface area contributed by atoms with Crippen LogP contribution in [-0.4, -0.2) is 550 Å². The third-order valence-corrected chi connectivity index (χ3v) is 23.4. The largest absolute Gasteiger partial charge is 0.477 e. The van der Waals surface area contributed by atoms with E-state index in [0.29, 0.717) is 0 Å². The van der Waals surface area contributed by atoms with E-state index < -0.39 is 408 Å². The number of carbonyl (C=O) groups excluding carboxylic acids is 4. The lowest BCUT2D eigenvalue weighted by Gasteiger charge is -2.51. The molecule has 57 nitrogen and oxygen atoms in total. The van der Waals surface area contributed by atoms with Crippen molar-refractivity contribution in [2.45, 2.75) is 353 Å². The number of amides is 4. The quantitative estimate of drug-likeness (QED) is 0.0284. The third-order valence-electron chi connectivity index (χ3n) is 23.4. The SMILES string of the molecule is CC(=O)N[C@H]1[C@H](O[C@H]2[C@@H](O)[C@@H](CO)O[C@@H](O[C@H]3[C@H](O)[C@@H](NC(C)=O)[C@H](OC[C@H]4O[C@@H](O[C@H]5[C@H](O)[C@@H](O)C(O)O[C@@H]5CO)[C@H](O)[C@@H](O[C@@H]5O[C@H](CO)[C@@H](O[C@@H]6O[C@H](CO)[C@H](O)[C@H](O)[C@H]6O[C@@H]6O[C@@H](C)[C@@H](O)[C@@H](O)[C@@H]6O)[C@H](O)[C@H]5NC(C)=O)[C@H]4O)O[C@@H]3CO)[C@@H]2O)O[C@H](CO)[C@@H](O[C@@H]2O[C@H](CO[C@]3(C(=O)O)C[C@H](O)[C@@H](NC(C)=O)[C@H]([C@H](O)[C@H](O)CO)O3)[C@H](O)[C@H](O)[C@H]2O)[C@@H]1O. The fourth-order valence-electron chi connectivity index (χ4n) is 16.5. The summed E-state index contributed by atoms with van der Waals surface area (Å²) in [5.41, 5.74) is 0. The molecule has 10 aliphatic heterocycles. The first kappa shape index (κ1) is 106. The van der Waals surface area contributed by atoms with Crippen LogP contribution in [-0.2, 0) is 114 Å². The van der Waals surface area contributed by atoms with Gasteiger partial charge in [-0.15, -0.1) is 0 Å². The Bertz CT molecular complexity index is 3530. The molecule has 10 heterocycles. The highest BCUT2D eigenvalue weighted by Crippen LogP contribution is 2.42. The van der Waals surface area contributed by atoms with Crippen molar-refractivity contribution in [3.05, 3.63) is 0 Å². The van der Waals surface area contributed by atoms with E-state index in [-0.39, 0.29) is 0 Å². The zero-order chi connectivity index (χ0) is 94.6. The highest BCUT2D eigenvalue weighted by atomic mass is 16.8. The predicted octanol–water partition coefficient (Wildman–Crippen LogP) is -22.0. The first-order valence-electron chi connectivity index (χ1n) is 40.6. The van der Waals surface area contributed by atoms with Gasteiger partial charge in [-0.05, 0) is 6.92 Å². The lowest BCUT2D eigenvalue weighted by molar-refractivity contribution is -0.392. The Balaban J connectivity index is 0.857. The number of aliphatic hydroxyl groups excluding tert-OH is 28. The molecule has 0 radical (unpaired) electrons. The number of carbonyl (C=O) groups is 5. The Morgan fingerprint density at radius 3 is 1.12 bits per heavy atom. The molecular formula is C71H118N4O53. The minimum atomic E-state index is -3.06. The van der Waals surface area contributed by atoms with Gasteiger partial charge in [0.1, 0.15) is 232 Å². The van der Waals surface area contributed by atoms with Gasteiger partial charge in [0, 0.05) is 34.1 Å². The van der Waals surface area contributed by atoms with Gasteiger partial charge in [-0.25, -0.2) is 4.79 Å². The van der Waals surface area contributed by atoms with Crippen LogP contribution in [0.15, 0.2) is 0 Å². The lowest BCUT2D eigenvalue weighted by Crippen LogP contribution is -2.70. The zero-order valence-electron chi connectivity index (χ0n) is 68.7. The maximum atomic E-state index is 13.1. The molecule has 10 saturated heterocycles. The Hall–Kier alpha value is -4.53. The average Bonchev–Trinajstić information content (AvgIpc) is 0.772. The summed E-state index contributed by atoms with van der Waals surface area (Å²) < 4.78 is 111. The van der Waals surface area contributed by atoms with Crippen LogP contribution in [0, 0.1) is 0 Å². The van der Waals surface area contributed by atoms with E-state index >= 15 is 0 Å². The Morgan fingerprint density at radius 1 is 0.336 bits per heavy atom. The van der Waals surface area contributed by atoms with Gasteiger partial charge in [-0.3, -0.25) is 19.2 Å². The molecule has 0 aromatic rings. The van der Waals surface area contributed by atoms with Gasteiger partial charge in [-0.1, -0.05) is 0 Å². The number of carboxylic acid groups (broad SMARTS) is 1. The number of hydrogen-bond acceptors (Lipinski definition) is 52. The van der Waals surface area contributed by atoms with Crippen molar-refractivity contribution in [2.24, 2.45) is 0 Å². The summed E-state index contributed by atoms with van der Waals surface area (Å²) >= 11 is 0. The summed E-state index contributed by atoms with van der Waals surface area (Å²) in [6.45, 7) is -5.37. The topological polar surface area (TPSA) is 896 Å². The normalized spacial score (nSPS) is 48.4. The summed E-state index contributed by atoms with van der Waals surface area (Å²) in [7, 11) is 0. The second kappa shape index (κ2) is 45.4. The van der Waals surface area contributed by atoms with Gasteiger partial charge in [0.25, 0.3) is 5.79 Å².